The van der Waals surface area contributed by atoms with Gasteiger partial charge in [-0.05, 0) is 42.5 Å². The average molecular weight is 374 g/mol. The van der Waals surface area contributed by atoms with Gasteiger partial charge in [-0.3, -0.25) is 0 Å². The monoisotopic (exact) mass is 373 g/mol. The zero-order valence-electron chi connectivity index (χ0n) is 13.2. The van der Waals surface area contributed by atoms with Gasteiger partial charge in [0, 0.05) is 13.6 Å². The summed E-state index contributed by atoms with van der Waals surface area (Å²) in [7, 11) is -0.774. The Morgan fingerprint density at radius 3 is 2.33 bits per heavy atom. The third kappa shape index (κ3) is 4.37. The third-order valence-corrected chi connectivity index (χ3v) is 5.48. The Kier molecular flexibility index (Phi) is 6.04. The smallest absolute Gasteiger partial charge is 0.242 e. The highest BCUT2D eigenvalue weighted by atomic mass is 35.5. The molecule has 0 heterocycles. The van der Waals surface area contributed by atoms with Gasteiger partial charge in [-0.25, -0.2) is 12.8 Å². The first-order valence-corrected chi connectivity index (χ1v) is 8.84. The Morgan fingerprint density at radius 2 is 1.75 bits per heavy atom. The minimum Gasteiger partial charge on any atom is -0.497 e. The van der Waals surface area contributed by atoms with Crippen molar-refractivity contribution < 1.29 is 22.3 Å². The van der Waals surface area contributed by atoms with Crippen molar-refractivity contribution in [1.29, 1.82) is 0 Å². The number of ether oxygens (including phenoxy) is 2. The zero-order valence-corrected chi connectivity index (χ0v) is 14.8. The van der Waals surface area contributed by atoms with Gasteiger partial charge in [0.15, 0.2) is 0 Å². The van der Waals surface area contributed by atoms with Gasteiger partial charge >= 0.3 is 0 Å². The minimum absolute atomic E-state index is 0.0687. The molecule has 0 unspecified atom stereocenters. The van der Waals surface area contributed by atoms with Crippen molar-refractivity contribution in [3.8, 4) is 11.5 Å². The fourth-order valence-corrected chi connectivity index (χ4v) is 3.33. The van der Waals surface area contributed by atoms with E-state index in [9.17, 15) is 12.8 Å². The van der Waals surface area contributed by atoms with Crippen LogP contribution in [0.1, 0.15) is 0 Å². The van der Waals surface area contributed by atoms with Crippen LogP contribution in [0.4, 0.5) is 4.39 Å². The highest BCUT2D eigenvalue weighted by Gasteiger charge is 2.21. The molecule has 2 aromatic carbocycles. The van der Waals surface area contributed by atoms with Gasteiger partial charge < -0.3 is 9.47 Å². The van der Waals surface area contributed by atoms with Crippen molar-refractivity contribution >= 4 is 21.6 Å². The number of hydrogen-bond donors (Lipinski definition) is 0. The molecule has 0 aliphatic heterocycles. The summed E-state index contributed by atoms with van der Waals surface area (Å²) >= 11 is 5.64. The quantitative estimate of drug-likeness (QED) is 0.748. The number of halogens is 2. The molecule has 24 heavy (non-hydrogen) atoms. The summed E-state index contributed by atoms with van der Waals surface area (Å²) in [5.41, 5.74) is 0. The zero-order chi connectivity index (χ0) is 17.7. The van der Waals surface area contributed by atoms with Gasteiger partial charge in [-0.15, -0.1) is 0 Å². The molecule has 8 heteroatoms. The number of hydrogen-bond acceptors (Lipinski definition) is 4. The second-order valence-corrected chi connectivity index (χ2v) is 7.38. The Bertz CT molecular complexity index is 796. The molecule has 0 fully saturated rings. The van der Waals surface area contributed by atoms with Crippen LogP contribution in [0.15, 0.2) is 47.4 Å². The van der Waals surface area contributed by atoms with Crippen LogP contribution in [0.2, 0.25) is 5.02 Å². The largest absolute Gasteiger partial charge is 0.497 e. The fraction of sp³-hybridized carbons (Fsp3) is 0.250. The van der Waals surface area contributed by atoms with E-state index in [1.165, 1.54) is 13.1 Å². The highest BCUT2D eigenvalue weighted by molar-refractivity contribution is 7.89. The molecule has 0 bridgehead atoms. The molecule has 2 rings (SSSR count). The van der Waals surface area contributed by atoms with E-state index in [0.717, 1.165) is 16.4 Å². The average Bonchev–Trinajstić information content (AvgIpc) is 2.57. The Morgan fingerprint density at radius 1 is 1.12 bits per heavy atom. The summed E-state index contributed by atoms with van der Waals surface area (Å²) < 4.78 is 49.6. The minimum atomic E-state index is -3.76. The first kappa shape index (κ1) is 18.5. The van der Waals surface area contributed by atoms with Crippen LogP contribution in [0.25, 0.3) is 0 Å². The molecule has 130 valence electrons. The Labute approximate surface area is 145 Å². The summed E-state index contributed by atoms with van der Waals surface area (Å²) in [6.45, 7) is 0.292. The number of benzene rings is 2. The van der Waals surface area contributed by atoms with Crippen LogP contribution in [0, 0.1) is 5.82 Å². The molecular weight excluding hydrogens is 357 g/mol. The fourth-order valence-electron chi connectivity index (χ4n) is 1.90. The number of methoxy groups -OCH3 is 1. The van der Waals surface area contributed by atoms with Gasteiger partial charge in [0.25, 0.3) is 0 Å². The van der Waals surface area contributed by atoms with Crippen LogP contribution in [0.3, 0.4) is 0 Å². The van der Waals surface area contributed by atoms with E-state index in [1.54, 1.807) is 31.4 Å². The Balaban J connectivity index is 1.97. The predicted octanol–water partition coefficient (Wildman–Crippen LogP) is 3.19. The first-order valence-electron chi connectivity index (χ1n) is 7.03. The molecule has 0 saturated carbocycles. The second-order valence-electron chi connectivity index (χ2n) is 4.93. The van der Waals surface area contributed by atoms with E-state index in [4.69, 9.17) is 21.1 Å². The van der Waals surface area contributed by atoms with Crippen molar-refractivity contribution in [1.82, 2.24) is 4.31 Å². The van der Waals surface area contributed by atoms with Gasteiger partial charge in [0.2, 0.25) is 10.0 Å². The van der Waals surface area contributed by atoms with Crippen molar-refractivity contribution in [2.45, 2.75) is 4.90 Å². The van der Waals surface area contributed by atoms with E-state index in [0.29, 0.717) is 11.5 Å². The van der Waals surface area contributed by atoms with Gasteiger partial charge in [-0.2, -0.15) is 4.31 Å². The van der Waals surface area contributed by atoms with E-state index < -0.39 is 15.8 Å². The molecule has 0 atom stereocenters. The molecule has 0 aromatic heterocycles. The van der Waals surface area contributed by atoms with Crippen molar-refractivity contribution in [3.63, 3.8) is 0 Å². The third-order valence-electron chi connectivity index (χ3n) is 3.33. The van der Waals surface area contributed by atoms with Gasteiger partial charge in [0.1, 0.15) is 23.9 Å². The summed E-state index contributed by atoms with van der Waals surface area (Å²) in [5.74, 6) is 0.641. The lowest BCUT2D eigenvalue weighted by molar-refractivity contribution is 0.286. The first-order chi connectivity index (χ1) is 11.3. The van der Waals surface area contributed by atoms with Crippen molar-refractivity contribution in [3.05, 3.63) is 53.3 Å². The molecule has 0 amide bonds. The van der Waals surface area contributed by atoms with Crippen LogP contribution < -0.4 is 9.47 Å². The lowest BCUT2D eigenvalue weighted by atomic mass is 10.3. The molecule has 0 spiro atoms. The molecule has 0 saturated heterocycles. The molecule has 0 N–H and O–H groups in total. The van der Waals surface area contributed by atoms with Crippen molar-refractivity contribution in [2.24, 2.45) is 0 Å². The number of sulfonamides is 1. The maximum absolute atomic E-state index is 13.2. The summed E-state index contributed by atoms with van der Waals surface area (Å²) in [6.07, 6.45) is 0. The molecular formula is C16H17ClFNO4S. The lowest BCUT2D eigenvalue weighted by Gasteiger charge is -2.17. The van der Waals surface area contributed by atoms with E-state index in [-0.39, 0.29) is 23.1 Å². The summed E-state index contributed by atoms with van der Waals surface area (Å²) in [4.78, 5) is -0.0687. The lowest BCUT2D eigenvalue weighted by Crippen LogP contribution is -2.31. The van der Waals surface area contributed by atoms with Crippen LogP contribution in [-0.2, 0) is 10.0 Å². The normalized spacial score (nSPS) is 11.5. The van der Waals surface area contributed by atoms with Crippen molar-refractivity contribution in [2.75, 3.05) is 27.3 Å². The maximum atomic E-state index is 13.2. The predicted molar refractivity (Wildman–Crippen MR) is 89.7 cm³/mol. The molecule has 0 aliphatic rings. The maximum Gasteiger partial charge on any atom is 0.242 e. The van der Waals surface area contributed by atoms with Crippen LogP contribution in [0.5, 0.6) is 11.5 Å². The molecule has 0 radical (unpaired) electrons. The number of likely N-dealkylation sites (N-methyl/N-ethyl adjacent to an activating group) is 1. The van der Waals surface area contributed by atoms with Crippen LogP contribution >= 0.6 is 11.6 Å². The number of nitrogens with zero attached hydrogens (tertiary/aromatic N) is 1. The van der Waals surface area contributed by atoms with Gasteiger partial charge in [-0.1, -0.05) is 11.6 Å². The van der Waals surface area contributed by atoms with E-state index in [2.05, 4.69) is 0 Å². The number of rotatable bonds is 7. The summed E-state index contributed by atoms with van der Waals surface area (Å²) in [6, 6.07) is 10.2. The van der Waals surface area contributed by atoms with E-state index >= 15 is 0 Å². The topological polar surface area (TPSA) is 55.8 Å². The molecule has 2 aromatic rings. The summed E-state index contributed by atoms with van der Waals surface area (Å²) in [5, 5.41) is -0.237. The second kappa shape index (κ2) is 7.83. The highest BCUT2D eigenvalue weighted by Crippen LogP contribution is 2.22. The molecule has 5 nitrogen and oxygen atoms in total. The van der Waals surface area contributed by atoms with Gasteiger partial charge in [0.05, 0.1) is 17.0 Å². The van der Waals surface area contributed by atoms with E-state index in [1.807, 2.05) is 0 Å². The standard InChI is InChI=1S/C16H17ClFNO4S/c1-19(9-10-23-13-5-3-12(22-2)4-6-13)24(20,21)14-7-8-16(18)15(17)11-14/h3-8,11H,9-10H2,1-2H3. The molecule has 0 aliphatic carbocycles. The Hall–Kier alpha value is -1.83. The SMILES string of the molecule is COc1ccc(OCCN(C)S(=O)(=O)c2ccc(F)c(Cl)c2)cc1. The van der Waals surface area contributed by atoms with Crippen LogP contribution in [-0.4, -0.2) is 40.0 Å².